The Morgan fingerprint density at radius 2 is 1.69 bits per heavy atom. The molecule has 5 nitrogen and oxygen atoms in total. The fourth-order valence-electron chi connectivity index (χ4n) is 3.51. The highest BCUT2D eigenvalue weighted by Gasteiger charge is 2.24. The maximum atomic E-state index is 13.4. The number of pyridine rings is 1. The molecule has 32 heavy (non-hydrogen) atoms. The Kier molecular flexibility index (Phi) is 8.64. The Balaban J connectivity index is 0.000000841. The summed E-state index contributed by atoms with van der Waals surface area (Å²) in [6, 6.07) is 13.9. The topological polar surface area (TPSA) is 63.5 Å². The van der Waals surface area contributed by atoms with Gasteiger partial charge in [-0.3, -0.25) is 9.79 Å². The molecule has 0 spiro atoms. The van der Waals surface area contributed by atoms with E-state index in [-0.39, 0.29) is 18.8 Å². The highest BCUT2D eigenvalue weighted by molar-refractivity contribution is 6.17. The van der Waals surface area contributed by atoms with Crippen LogP contribution in [0.5, 0.6) is 0 Å². The zero-order valence-electron chi connectivity index (χ0n) is 19.3. The lowest BCUT2D eigenvalue weighted by Gasteiger charge is -2.14. The number of hydrogen-bond acceptors (Lipinski definition) is 4. The number of aryl methyl sites for hydroxylation is 1. The van der Waals surface area contributed by atoms with Crippen molar-refractivity contribution in [1.29, 1.82) is 0 Å². The van der Waals surface area contributed by atoms with Gasteiger partial charge in [-0.1, -0.05) is 26.3 Å². The average molecular weight is 438 g/mol. The normalized spacial score (nSPS) is 13.7. The van der Waals surface area contributed by atoms with Crippen molar-refractivity contribution < 1.29 is 10.6 Å². The number of nitrogens with one attached hydrogen (secondary N) is 1. The van der Waals surface area contributed by atoms with E-state index in [0.29, 0.717) is 0 Å². The van der Waals surface area contributed by atoms with Gasteiger partial charge in [-0.25, -0.2) is 4.39 Å². The number of benzene rings is 2. The molecule has 1 aliphatic heterocycles. The molecule has 0 aliphatic carbocycles. The molecule has 0 radical (unpaired) electrons. The van der Waals surface area contributed by atoms with Gasteiger partial charge in [0.1, 0.15) is 12.6 Å². The van der Waals surface area contributed by atoms with Crippen LogP contribution in [0.3, 0.4) is 0 Å². The molecular weight excluding hydrogens is 405 g/mol. The van der Waals surface area contributed by atoms with Gasteiger partial charge in [0.15, 0.2) is 0 Å². The number of hydrogen-bond donors (Lipinski definition) is 1. The molecule has 6 heteroatoms. The van der Waals surface area contributed by atoms with Crippen LogP contribution in [0, 0.1) is 5.82 Å². The molecule has 1 atom stereocenters. The molecule has 0 fully saturated rings. The van der Waals surface area contributed by atoms with Crippen molar-refractivity contribution in [2.45, 2.75) is 33.2 Å². The highest BCUT2D eigenvalue weighted by Crippen LogP contribution is 2.37. The lowest BCUT2D eigenvalue weighted by atomic mass is 9.92. The Labute approximate surface area is 190 Å². The molecule has 1 N–H and O–H groups in total. The van der Waals surface area contributed by atoms with Crippen LogP contribution < -0.4 is 10.9 Å². The van der Waals surface area contributed by atoms with Crippen LogP contribution in [0.1, 0.15) is 51.4 Å². The highest BCUT2D eigenvalue weighted by atomic mass is 19.1. The van der Waals surface area contributed by atoms with Gasteiger partial charge < -0.3 is 14.7 Å². The third-order valence-electron chi connectivity index (χ3n) is 5.00. The van der Waals surface area contributed by atoms with Gasteiger partial charge in [0.2, 0.25) is 0 Å². The molecule has 0 amide bonds. The molecule has 0 saturated carbocycles. The van der Waals surface area contributed by atoms with Gasteiger partial charge in [-0.2, -0.15) is 0 Å². The number of anilines is 1. The van der Waals surface area contributed by atoms with E-state index >= 15 is 0 Å². The summed E-state index contributed by atoms with van der Waals surface area (Å²) in [5, 5.41) is 3.17. The van der Waals surface area contributed by atoms with Crippen LogP contribution >= 0.6 is 0 Å². The molecule has 3 aromatic rings. The number of fused-ring (bicyclic) bond motifs is 3. The summed E-state index contributed by atoms with van der Waals surface area (Å²) >= 11 is 0. The lowest BCUT2D eigenvalue weighted by Crippen LogP contribution is -2.17. The van der Waals surface area contributed by atoms with Gasteiger partial charge in [-0.15, -0.1) is 0 Å². The van der Waals surface area contributed by atoms with Gasteiger partial charge in [0.05, 0.1) is 11.8 Å². The Hall–Kier alpha value is -3.54. The second kappa shape index (κ2) is 11.2. The third-order valence-corrected chi connectivity index (χ3v) is 5.00. The standard InChI is InChI=1S/C22H20FN3O.C3H8.CH2O.H2/c1-13-18-11-21(27)26(3)12-20(18)19-10-16(24-2)8-9-17(19)22(25-13)14-4-6-15(23)7-5-14;1-3-2;1-2;/h4-13,24H,1-3H3;3H2,1-2H3;1H2;1H/t13-;;;/m0.../s1. The molecule has 2 heterocycles. The summed E-state index contributed by atoms with van der Waals surface area (Å²) in [7, 11) is 3.62. The number of aliphatic imine (C=N–C) groups is 1. The maximum absolute atomic E-state index is 13.4. The second-order valence-corrected chi connectivity index (χ2v) is 7.47. The molecule has 0 bridgehead atoms. The van der Waals surface area contributed by atoms with Crippen molar-refractivity contribution in [3.63, 3.8) is 0 Å². The molecule has 0 saturated heterocycles. The number of carbonyl (C=O) groups excluding carboxylic acids is 1. The first kappa shape index (κ1) is 24.7. The van der Waals surface area contributed by atoms with Crippen molar-refractivity contribution in [3.8, 4) is 11.1 Å². The number of carbonyl (C=O) groups is 1. The summed E-state index contributed by atoms with van der Waals surface area (Å²) in [5.41, 5.74) is 6.40. The monoisotopic (exact) mass is 437 g/mol. The molecule has 1 aliphatic rings. The summed E-state index contributed by atoms with van der Waals surface area (Å²) in [4.78, 5) is 25.1. The predicted molar refractivity (Wildman–Crippen MR) is 132 cm³/mol. The first-order chi connectivity index (χ1) is 15.4. The van der Waals surface area contributed by atoms with E-state index in [2.05, 4.69) is 25.2 Å². The van der Waals surface area contributed by atoms with E-state index < -0.39 is 0 Å². The van der Waals surface area contributed by atoms with Gasteiger partial charge in [0.25, 0.3) is 5.56 Å². The first-order valence-corrected chi connectivity index (χ1v) is 10.5. The SMILES string of the molecule is C=O.CCC.CNc1ccc2c(c1)-c1cn(C)c(=O)cc1[C@H](C)N=C2c1ccc(F)cc1.[HH]. The first-order valence-electron chi connectivity index (χ1n) is 10.5. The van der Waals surface area contributed by atoms with E-state index in [9.17, 15) is 9.18 Å². The molecule has 0 unspecified atom stereocenters. The fourth-order valence-corrected chi connectivity index (χ4v) is 3.51. The van der Waals surface area contributed by atoms with Gasteiger partial charge in [-0.05, 0) is 54.4 Å². The maximum Gasteiger partial charge on any atom is 0.250 e. The molecule has 2 aromatic carbocycles. The van der Waals surface area contributed by atoms with E-state index in [1.54, 1.807) is 29.8 Å². The summed E-state index contributed by atoms with van der Waals surface area (Å²) < 4.78 is 15.0. The van der Waals surface area contributed by atoms with Crippen LogP contribution in [0.25, 0.3) is 11.1 Å². The largest absolute Gasteiger partial charge is 0.388 e. The van der Waals surface area contributed by atoms with Gasteiger partial charge in [0, 0.05) is 50.2 Å². The van der Waals surface area contributed by atoms with Crippen LogP contribution in [-0.2, 0) is 11.8 Å². The smallest absolute Gasteiger partial charge is 0.250 e. The number of nitrogens with zero attached hydrogens (tertiary/aromatic N) is 2. The predicted octanol–water partition coefficient (Wildman–Crippen LogP) is 5.62. The summed E-state index contributed by atoms with van der Waals surface area (Å²) in [5.74, 6) is -0.280. The van der Waals surface area contributed by atoms with Crippen LogP contribution in [0.15, 0.2) is 64.5 Å². The minimum absolute atomic E-state index is 0. The number of halogens is 1. The zero-order valence-corrected chi connectivity index (χ0v) is 19.3. The number of rotatable bonds is 2. The third kappa shape index (κ3) is 5.19. The van der Waals surface area contributed by atoms with Crippen LogP contribution in [-0.4, -0.2) is 24.1 Å². The molecule has 4 rings (SSSR count). The molecular formula is C26H32FN3O2. The Morgan fingerprint density at radius 1 is 1.06 bits per heavy atom. The van der Waals surface area contributed by atoms with Crippen molar-refractivity contribution in [1.82, 2.24) is 4.57 Å². The van der Waals surface area contributed by atoms with Crippen molar-refractivity contribution in [3.05, 3.63) is 87.6 Å². The van der Waals surface area contributed by atoms with E-state index in [4.69, 9.17) is 9.79 Å². The summed E-state index contributed by atoms with van der Waals surface area (Å²) in [6.45, 7) is 8.23. The fraction of sp³-hybridized carbons (Fsp3) is 0.269. The van der Waals surface area contributed by atoms with Crippen LogP contribution in [0.4, 0.5) is 10.1 Å². The molecule has 1 aromatic heterocycles. The van der Waals surface area contributed by atoms with Gasteiger partial charge >= 0.3 is 0 Å². The minimum Gasteiger partial charge on any atom is -0.388 e. The minimum atomic E-state index is -0.280. The van der Waals surface area contributed by atoms with E-state index in [1.165, 1.54) is 18.6 Å². The zero-order chi connectivity index (χ0) is 23.8. The number of aromatic nitrogens is 1. The van der Waals surface area contributed by atoms with Crippen molar-refractivity contribution in [2.24, 2.45) is 12.0 Å². The van der Waals surface area contributed by atoms with E-state index in [1.807, 2.05) is 39.1 Å². The Morgan fingerprint density at radius 3 is 2.28 bits per heavy atom. The average Bonchev–Trinajstić information content (AvgIpc) is 2.91. The molecule has 170 valence electrons. The lowest BCUT2D eigenvalue weighted by molar-refractivity contribution is -0.0979. The van der Waals surface area contributed by atoms with Crippen molar-refractivity contribution in [2.75, 3.05) is 12.4 Å². The second-order valence-electron chi connectivity index (χ2n) is 7.47. The quantitative estimate of drug-likeness (QED) is 0.566. The van der Waals surface area contributed by atoms with Crippen molar-refractivity contribution >= 4 is 18.2 Å². The van der Waals surface area contributed by atoms with E-state index in [0.717, 1.165) is 39.2 Å². The van der Waals surface area contributed by atoms with Crippen LogP contribution in [0.2, 0.25) is 0 Å². The summed E-state index contributed by atoms with van der Waals surface area (Å²) in [6.07, 6.45) is 3.12. The Bertz CT molecular complexity index is 1160.